The molecule has 0 bridgehead atoms. The summed E-state index contributed by atoms with van der Waals surface area (Å²) in [6.07, 6.45) is 2.03. The maximum absolute atomic E-state index is 12.4. The van der Waals surface area contributed by atoms with Crippen molar-refractivity contribution < 1.29 is 19.2 Å². The Morgan fingerprint density at radius 3 is 2.58 bits per heavy atom. The number of nitrogens with one attached hydrogen (secondary N) is 3. The van der Waals surface area contributed by atoms with Gasteiger partial charge in [-0.15, -0.1) is 0 Å². The number of amides is 3. The lowest BCUT2D eigenvalue weighted by atomic mass is 10.1. The van der Waals surface area contributed by atoms with E-state index in [1.807, 2.05) is 6.07 Å². The predicted molar refractivity (Wildman–Crippen MR) is 141 cm³/mol. The number of carbonyl (C=O) groups is 2. The summed E-state index contributed by atoms with van der Waals surface area (Å²) in [5.74, 6) is 0.275. The molecular weight excluding hydrogens is 514 g/mol. The smallest absolute Gasteiger partial charge is 0.324 e. The van der Waals surface area contributed by atoms with Gasteiger partial charge in [-0.1, -0.05) is 23.7 Å². The summed E-state index contributed by atoms with van der Waals surface area (Å²) in [7, 11) is 0. The van der Waals surface area contributed by atoms with Crippen molar-refractivity contribution in [3.05, 3.63) is 87.1 Å². The number of urea groups is 1. The molecule has 3 amide bonds. The molecule has 0 saturated heterocycles. The number of rotatable bonds is 11. The van der Waals surface area contributed by atoms with Gasteiger partial charge in [0.1, 0.15) is 17.6 Å². The molecule has 1 aromatic heterocycles. The number of benzene rings is 2. The second-order valence-electron chi connectivity index (χ2n) is 7.99. The number of carbonyl (C=O) groups excluding carboxylic acids is 2. The van der Waals surface area contributed by atoms with Crippen LogP contribution >= 0.6 is 11.6 Å². The van der Waals surface area contributed by atoms with Crippen molar-refractivity contribution in [1.29, 1.82) is 5.26 Å². The molecule has 38 heavy (non-hydrogen) atoms. The Hall–Kier alpha value is -4.73. The van der Waals surface area contributed by atoms with Crippen LogP contribution in [0.1, 0.15) is 17.5 Å². The number of halogens is 1. The van der Waals surface area contributed by atoms with E-state index in [2.05, 4.69) is 20.9 Å². The fourth-order valence-electron chi connectivity index (χ4n) is 3.23. The van der Waals surface area contributed by atoms with Gasteiger partial charge in [-0.3, -0.25) is 20.2 Å². The number of nitrogens with zero attached hydrogens (tertiary/aromatic N) is 3. The molecule has 0 aliphatic heterocycles. The third-order valence-electron chi connectivity index (χ3n) is 5.14. The Bertz CT molecular complexity index is 1330. The van der Waals surface area contributed by atoms with Gasteiger partial charge in [0.25, 0.3) is 5.69 Å². The highest BCUT2D eigenvalue weighted by molar-refractivity contribution is 6.31. The number of hydrogen-bond donors (Lipinski definition) is 4. The van der Waals surface area contributed by atoms with Crippen LogP contribution in [-0.2, 0) is 11.2 Å². The molecule has 1 heterocycles. The summed E-state index contributed by atoms with van der Waals surface area (Å²) in [5, 5.41) is 27.9. The molecule has 1 atom stereocenters. The van der Waals surface area contributed by atoms with Gasteiger partial charge in [-0.05, 0) is 48.7 Å². The topological polar surface area (TPSA) is 185 Å². The average molecular weight is 538 g/mol. The molecule has 2 aromatic carbocycles. The van der Waals surface area contributed by atoms with Gasteiger partial charge in [-0.25, -0.2) is 9.78 Å². The van der Waals surface area contributed by atoms with E-state index in [9.17, 15) is 19.7 Å². The Morgan fingerprint density at radius 1 is 1.16 bits per heavy atom. The summed E-state index contributed by atoms with van der Waals surface area (Å²) >= 11 is 6.06. The van der Waals surface area contributed by atoms with Crippen LogP contribution in [0.15, 0.2) is 60.8 Å². The number of nitriles is 1. The first kappa shape index (κ1) is 27.9. The van der Waals surface area contributed by atoms with Crippen molar-refractivity contribution in [2.75, 3.05) is 23.8 Å². The summed E-state index contributed by atoms with van der Waals surface area (Å²) < 4.78 is 5.75. The molecule has 0 fully saturated rings. The van der Waals surface area contributed by atoms with E-state index in [0.717, 1.165) is 0 Å². The first-order chi connectivity index (χ1) is 18.2. The van der Waals surface area contributed by atoms with Crippen LogP contribution in [0.25, 0.3) is 0 Å². The second kappa shape index (κ2) is 13.5. The van der Waals surface area contributed by atoms with Crippen molar-refractivity contribution in [2.24, 2.45) is 5.73 Å². The van der Waals surface area contributed by atoms with E-state index in [4.69, 9.17) is 27.3 Å². The van der Waals surface area contributed by atoms with Crippen LogP contribution < -0.4 is 26.4 Å². The van der Waals surface area contributed by atoms with E-state index in [1.165, 1.54) is 36.5 Å². The number of non-ortho nitro benzene ring substituents is 1. The summed E-state index contributed by atoms with van der Waals surface area (Å²) in [5.41, 5.74) is 7.32. The molecule has 3 aromatic rings. The largest absolute Gasteiger partial charge is 0.491 e. The number of pyridine rings is 1. The third kappa shape index (κ3) is 8.44. The molecule has 13 heteroatoms. The summed E-state index contributed by atoms with van der Waals surface area (Å²) in [6.45, 7) is 0.529. The highest BCUT2D eigenvalue weighted by Gasteiger charge is 2.15. The van der Waals surface area contributed by atoms with Gasteiger partial charge in [-0.2, -0.15) is 5.26 Å². The Kier molecular flexibility index (Phi) is 9.93. The maximum atomic E-state index is 12.4. The molecule has 0 spiro atoms. The van der Waals surface area contributed by atoms with Gasteiger partial charge in [0.2, 0.25) is 5.91 Å². The standard InChI is InChI=1S/C25H24ClN7O5/c26-18-5-8-22(21(13-18)31-25(35)32-23-9-4-17(14-27)15-30-23)38-11-1-10-29-24(34)20(28)12-16-2-6-19(7-3-16)33(36)37/h2-9,13,15,20H,1,10-12,28H2,(H,29,34)(H2,30,31,32,35). The first-order valence-electron chi connectivity index (χ1n) is 11.4. The first-order valence-corrected chi connectivity index (χ1v) is 11.8. The number of ether oxygens (including phenoxy) is 1. The lowest BCUT2D eigenvalue weighted by Gasteiger charge is -2.15. The monoisotopic (exact) mass is 537 g/mol. The van der Waals surface area contributed by atoms with Crippen molar-refractivity contribution in [2.45, 2.75) is 18.9 Å². The third-order valence-corrected chi connectivity index (χ3v) is 5.38. The van der Waals surface area contributed by atoms with Gasteiger partial charge < -0.3 is 21.1 Å². The minimum atomic E-state index is -0.812. The van der Waals surface area contributed by atoms with E-state index >= 15 is 0 Å². The highest BCUT2D eigenvalue weighted by atomic mass is 35.5. The highest BCUT2D eigenvalue weighted by Crippen LogP contribution is 2.28. The quantitative estimate of drug-likeness (QED) is 0.162. The Labute approximate surface area is 222 Å². The fourth-order valence-corrected chi connectivity index (χ4v) is 3.40. The minimum Gasteiger partial charge on any atom is -0.491 e. The molecule has 0 aliphatic rings. The zero-order valence-corrected chi connectivity index (χ0v) is 20.8. The molecule has 3 rings (SSSR count). The van der Waals surface area contributed by atoms with Gasteiger partial charge in [0.15, 0.2) is 0 Å². The van der Waals surface area contributed by atoms with Crippen LogP contribution in [0.4, 0.5) is 22.0 Å². The normalized spacial score (nSPS) is 11.1. The van der Waals surface area contributed by atoms with Crippen LogP contribution in [0.5, 0.6) is 5.75 Å². The number of nitro groups is 1. The number of nitro benzene ring substituents is 1. The van der Waals surface area contributed by atoms with Crippen molar-refractivity contribution in [3.63, 3.8) is 0 Å². The van der Waals surface area contributed by atoms with Gasteiger partial charge in [0.05, 0.1) is 28.8 Å². The second-order valence-corrected chi connectivity index (χ2v) is 8.43. The minimum absolute atomic E-state index is 0.0326. The summed E-state index contributed by atoms with van der Waals surface area (Å²) in [4.78, 5) is 38.9. The maximum Gasteiger partial charge on any atom is 0.324 e. The van der Waals surface area contributed by atoms with E-state index in [-0.39, 0.29) is 30.4 Å². The fraction of sp³-hybridized carbons (Fsp3) is 0.200. The number of nitrogens with two attached hydrogens (primary N) is 1. The zero-order chi connectivity index (χ0) is 27.5. The lowest BCUT2D eigenvalue weighted by molar-refractivity contribution is -0.384. The van der Waals surface area contributed by atoms with Crippen molar-refractivity contribution in [1.82, 2.24) is 10.3 Å². The Balaban J connectivity index is 1.44. The van der Waals surface area contributed by atoms with E-state index < -0.39 is 17.0 Å². The molecule has 0 radical (unpaired) electrons. The SMILES string of the molecule is N#Cc1ccc(NC(=O)Nc2cc(Cl)ccc2OCCCNC(=O)C(N)Cc2ccc([N+](=O)[O-])cc2)nc1. The zero-order valence-electron chi connectivity index (χ0n) is 20.0. The van der Waals surface area contributed by atoms with Crippen LogP contribution in [0.2, 0.25) is 5.02 Å². The van der Waals surface area contributed by atoms with Crippen molar-refractivity contribution >= 4 is 40.7 Å². The molecule has 12 nitrogen and oxygen atoms in total. The van der Waals surface area contributed by atoms with Crippen LogP contribution in [0.3, 0.4) is 0 Å². The molecule has 5 N–H and O–H groups in total. The number of hydrogen-bond acceptors (Lipinski definition) is 8. The molecule has 0 aliphatic carbocycles. The molecular formula is C25H24ClN7O5. The van der Waals surface area contributed by atoms with Crippen LogP contribution in [-0.4, -0.2) is 41.0 Å². The molecule has 196 valence electrons. The molecule has 0 saturated carbocycles. The van der Waals surface area contributed by atoms with Gasteiger partial charge in [0, 0.05) is 29.9 Å². The number of aromatic nitrogens is 1. The Morgan fingerprint density at radius 2 is 1.92 bits per heavy atom. The lowest BCUT2D eigenvalue weighted by Crippen LogP contribution is -2.42. The van der Waals surface area contributed by atoms with Gasteiger partial charge >= 0.3 is 6.03 Å². The van der Waals surface area contributed by atoms with Crippen molar-refractivity contribution in [3.8, 4) is 11.8 Å². The average Bonchev–Trinajstić information content (AvgIpc) is 2.90. The number of anilines is 2. The predicted octanol–water partition coefficient (Wildman–Crippen LogP) is 3.61. The van der Waals surface area contributed by atoms with E-state index in [0.29, 0.717) is 40.6 Å². The van der Waals surface area contributed by atoms with Crippen LogP contribution in [0, 0.1) is 21.4 Å². The summed E-state index contributed by atoms with van der Waals surface area (Å²) in [6, 6.07) is 14.2. The van der Waals surface area contributed by atoms with E-state index in [1.54, 1.807) is 24.3 Å². The molecule has 1 unspecified atom stereocenters.